The molecule has 1 saturated heterocycles. The van der Waals surface area contributed by atoms with Crippen molar-refractivity contribution < 1.29 is 14.4 Å². The topological polar surface area (TPSA) is 117 Å². The molecular formula is C22H30N6O3. The van der Waals surface area contributed by atoms with Crippen molar-refractivity contribution in [1.29, 1.82) is 0 Å². The number of anilines is 1. The maximum absolute atomic E-state index is 12.4. The second kappa shape index (κ2) is 10.2. The van der Waals surface area contributed by atoms with Crippen molar-refractivity contribution in [3.05, 3.63) is 47.7 Å². The molecule has 1 aliphatic heterocycles. The molecule has 3 atom stereocenters. The number of amides is 3. The maximum atomic E-state index is 12.4. The SMILES string of the molecule is CCC1C(=O)NC(n2nc(C)cc2NC(=O)C(=O)NCCCc2ccccc2)NC1C. The minimum Gasteiger partial charge on any atom is -0.348 e. The quantitative estimate of drug-likeness (QED) is 0.395. The summed E-state index contributed by atoms with van der Waals surface area (Å²) >= 11 is 0. The van der Waals surface area contributed by atoms with Gasteiger partial charge in [0.05, 0.1) is 11.6 Å². The number of nitrogens with zero attached hydrogens (tertiary/aromatic N) is 2. The van der Waals surface area contributed by atoms with Crippen LogP contribution in [0.15, 0.2) is 36.4 Å². The van der Waals surface area contributed by atoms with Crippen LogP contribution >= 0.6 is 0 Å². The van der Waals surface area contributed by atoms with E-state index >= 15 is 0 Å². The molecule has 9 heteroatoms. The van der Waals surface area contributed by atoms with Gasteiger partial charge in [-0.1, -0.05) is 37.3 Å². The molecule has 1 aliphatic rings. The molecule has 3 amide bonds. The Labute approximate surface area is 182 Å². The molecule has 166 valence electrons. The molecule has 0 bridgehead atoms. The van der Waals surface area contributed by atoms with Gasteiger partial charge in [0.25, 0.3) is 0 Å². The predicted octanol–water partition coefficient (Wildman–Crippen LogP) is 1.47. The van der Waals surface area contributed by atoms with E-state index in [0.29, 0.717) is 18.1 Å². The molecule has 9 nitrogen and oxygen atoms in total. The molecule has 4 N–H and O–H groups in total. The van der Waals surface area contributed by atoms with E-state index in [0.717, 1.165) is 19.3 Å². The second-order valence-corrected chi connectivity index (χ2v) is 7.80. The van der Waals surface area contributed by atoms with Crippen LogP contribution in [0, 0.1) is 12.8 Å². The highest BCUT2D eigenvalue weighted by atomic mass is 16.2. The Bertz CT molecular complexity index is 927. The molecule has 31 heavy (non-hydrogen) atoms. The lowest BCUT2D eigenvalue weighted by Gasteiger charge is -2.35. The van der Waals surface area contributed by atoms with E-state index in [1.165, 1.54) is 10.2 Å². The number of benzene rings is 1. The number of rotatable bonds is 7. The van der Waals surface area contributed by atoms with Gasteiger partial charge in [-0.2, -0.15) is 5.10 Å². The fourth-order valence-electron chi connectivity index (χ4n) is 3.75. The van der Waals surface area contributed by atoms with Crippen molar-refractivity contribution in [3.8, 4) is 0 Å². The van der Waals surface area contributed by atoms with Crippen LogP contribution in [0.5, 0.6) is 0 Å². The van der Waals surface area contributed by atoms with Crippen LogP contribution in [0.25, 0.3) is 0 Å². The molecule has 2 aromatic rings. The first kappa shape index (κ1) is 22.5. The van der Waals surface area contributed by atoms with Gasteiger partial charge in [0.1, 0.15) is 5.82 Å². The molecule has 1 aromatic heterocycles. The third kappa shape index (κ3) is 5.69. The van der Waals surface area contributed by atoms with E-state index in [1.54, 1.807) is 13.0 Å². The van der Waals surface area contributed by atoms with Crippen LogP contribution in [-0.2, 0) is 20.8 Å². The molecular weight excluding hydrogens is 396 g/mol. The molecule has 0 spiro atoms. The Kier molecular flexibility index (Phi) is 7.41. The van der Waals surface area contributed by atoms with Crippen molar-refractivity contribution in [1.82, 2.24) is 25.7 Å². The number of carbonyl (C=O) groups excluding carboxylic acids is 3. The fourth-order valence-corrected chi connectivity index (χ4v) is 3.75. The maximum Gasteiger partial charge on any atom is 0.314 e. The van der Waals surface area contributed by atoms with Gasteiger partial charge < -0.3 is 16.0 Å². The van der Waals surface area contributed by atoms with Crippen LogP contribution in [0.1, 0.15) is 44.2 Å². The van der Waals surface area contributed by atoms with Crippen LogP contribution in [0.3, 0.4) is 0 Å². The van der Waals surface area contributed by atoms with Gasteiger partial charge in [0.15, 0.2) is 6.29 Å². The summed E-state index contributed by atoms with van der Waals surface area (Å²) < 4.78 is 1.48. The molecule has 3 rings (SSSR count). The van der Waals surface area contributed by atoms with Crippen molar-refractivity contribution in [3.63, 3.8) is 0 Å². The first-order valence-corrected chi connectivity index (χ1v) is 10.6. The van der Waals surface area contributed by atoms with Crippen LogP contribution in [0.4, 0.5) is 5.82 Å². The Morgan fingerprint density at radius 2 is 1.94 bits per heavy atom. The van der Waals surface area contributed by atoms with Crippen LogP contribution in [0.2, 0.25) is 0 Å². The zero-order valence-corrected chi connectivity index (χ0v) is 18.1. The Balaban J connectivity index is 1.55. The van der Waals surface area contributed by atoms with Gasteiger partial charge in [0, 0.05) is 18.7 Å². The number of nitrogens with one attached hydrogen (secondary N) is 4. The first-order chi connectivity index (χ1) is 14.9. The van der Waals surface area contributed by atoms with Gasteiger partial charge in [-0.05, 0) is 38.7 Å². The second-order valence-electron chi connectivity index (χ2n) is 7.80. The third-order valence-corrected chi connectivity index (χ3v) is 5.40. The van der Waals surface area contributed by atoms with Gasteiger partial charge in [-0.3, -0.25) is 19.7 Å². The van der Waals surface area contributed by atoms with Crippen molar-refractivity contribution in [2.24, 2.45) is 5.92 Å². The molecule has 1 aromatic carbocycles. The summed E-state index contributed by atoms with van der Waals surface area (Å²) in [5, 5.41) is 15.8. The average Bonchev–Trinajstić information content (AvgIpc) is 3.11. The van der Waals surface area contributed by atoms with E-state index in [4.69, 9.17) is 0 Å². The Morgan fingerprint density at radius 3 is 2.61 bits per heavy atom. The minimum atomic E-state index is -0.775. The highest BCUT2D eigenvalue weighted by Gasteiger charge is 2.34. The lowest BCUT2D eigenvalue weighted by atomic mass is 9.95. The fraction of sp³-hybridized carbons (Fsp3) is 0.455. The number of hydrogen-bond acceptors (Lipinski definition) is 5. The first-order valence-electron chi connectivity index (χ1n) is 10.6. The predicted molar refractivity (Wildman–Crippen MR) is 117 cm³/mol. The lowest BCUT2D eigenvalue weighted by molar-refractivity contribution is -0.136. The summed E-state index contributed by atoms with van der Waals surface area (Å²) in [6.45, 7) is 6.08. The van der Waals surface area contributed by atoms with Crippen LogP contribution in [-0.4, -0.2) is 40.1 Å². The van der Waals surface area contributed by atoms with Crippen LogP contribution < -0.4 is 21.3 Å². The standard InChI is InChI=1S/C22H30N6O3/c1-4-17-15(3)24-22(26-19(17)29)28-18(13-14(2)27-28)25-21(31)20(30)23-12-8-11-16-9-6-5-7-10-16/h5-7,9-10,13,15,17,22,24H,4,8,11-12H2,1-3H3,(H,23,30)(H,25,31)(H,26,29). The molecule has 1 fully saturated rings. The van der Waals surface area contributed by atoms with E-state index in [2.05, 4.69) is 26.4 Å². The lowest BCUT2D eigenvalue weighted by Crippen LogP contribution is -2.57. The highest BCUT2D eigenvalue weighted by molar-refractivity contribution is 6.39. The summed E-state index contributed by atoms with van der Waals surface area (Å²) in [6, 6.07) is 11.6. The average molecular weight is 427 g/mol. The van der Waals surface area contributed by atoms with E-state index in [-0.39, 0.29) is 17.9 Å². The summed E-state index contributed by atoms with van der Waals surface area (Å²) in [5.74, 6) is -1.35. The normalized spacial score (nSPS) is 20.7. The Morgan fingerprint density at radius 1 is 1.19 bits per heavy atom. The van der Waals surface area contributed by atoms with E-state index in [1.807, 2.05) is 44.2 Å². The number of aryl methyl sites for hydroxylation is 2. The molecule has 2 heterocycles. The summed E-state index contributed by atoms with van der Waals surface area (Å²) in [7, 11) is 0. The number of hydrogen-bond donors (Lipinski definition) is 4. The van der Waals surface area contributed by atoms with Crippen molar-refractivity contribution in [2.45, 2.75) is 52.4 Å². The van der Waals surface area contributed by atoms with E-state index < -0.39 is 18.1 Å². The molecule has 0 aliphatic carbocycles. The third-order valence-electron chi connectivity index (χ3n) is 5.40. The van der Waals surface area contributed by atoms with E-state index in [9.17, 15) is 14.4 Å². The van der Waals surface area contributed by atoms with Gasteiger partial charge in [-0.15, -0.1) is 0 Å². The molecule has 0 saturated carbocycles. The zero-order chi connectivity index (χ0) is 22.4. The smallest absolute Gasteiger partial charge is 0.314 e. The highest BCUT2D eigenvalue weighted by Crippen LogP contribution is 2.21. The molecule has 0 radical (unpaired) electrons. The number of carbonyl (C=O) groups is 3. The minimum absolute atomic E-state index is 0.0512. The van der Waals surface area contributed by atoms with Gasteiger partial charge >= 0.3 is 11.8 Å². The van der Waals surface area contributed by atoms with Crippen molar-refractivity contribution in [2.75, 3.05) is 11.9 Å². The summed E-state index contributed by atoms with van der Waals surface area (Å²) in [5.41, 5.74) is 1.84. The zero-order valence-electron chi connectivity index (χ0n) is 18.1. The summed E-state index contributed by atoms with van der Waals surface area (Å²) in [6.07, 6.45) is 1.66. The largest absolute Gasteiger partial charge is 0.348 e. The monoisotopic (exact) mass is 426 g/mol. The summed E-state index contributed by atoms with van der Waals surface area (Å²) in [4.78, 5) is 37.0. The van der Waals surface area contributed by atoms with Gasteiger partial charge in [-0.25, -0.2) is 4.68 Å². The van der Waals surface area contributed by atoms with Crippen molar-refractivity contribution >= 4 is 23.5 Å². The number of aromatic nitrogens is 2. The van der Waals surface area contributed by atoms with Gasteiger partial charge in [0.2, 0.25) is 5.91 Å². The Hall–Kier alpha value is -3.20. The molecule has 3 unspecified atom stereocenters.